The molecular formula is C15H20BrClN2O4S. The Morgan fingerprint density at radius 2 is 1.96 bits per heavy atom. The van der Waals surface area contributed by atoms with E-state index in [9.17, 15) is 13.2 Å². The van der Waals surface area contributed by atoms with Gasteiger partial charge < -0.3 is 9.64 Å². The van der Waals surface area contributed by atoms with Crippen molar-refractivity contribution in [1.82, 2.24) is 9.21 Å². The lowest BCUT2D eigenvalue weighted by molar-refractivity contribution is -0.130. The predicted octanol–water partition coefficient (Wildman–Crippen LogP) is 2.74. The molecule has 1 aliphatic heterocycles. The summed E-state index contributed by atoms with van der Waals surface area (Å²) < 4.78 is 33.1. The van der Waals surface area contributed by atoms with E-state index in [0.717, 1.165) is 0 Å². The van der Waals surface area contributed by atoms with Crippen LogP contribution in [0.25, 0.3) is 0 Å². The third-order valence-corrected chi connectivity index (χ3v) is 6.98. The van der Waals surface area contributed by atoms with Gasteiger partial charge >= 0.3 is 0 Å². The first kappa shape index (κ1) is 19.5. The summed E-state index contributed by atoms with van der Waals surface area (Å²) in [5.41, 5.74) is 0. The van der Waals surface area contributed by atoms with Gasteiger partial charge in [0.2, 0.25) is 15.9 Å². The Hall–Kier alpha value is -0.830. The molecule has 134 valence electrons. The Morgan fingerprint density at radius 1 is 1.38 bits per heavy atom. The van der Waals surface area contributed by atoms with Crippen LogP contribution in [-0.2, 0) is 14.8 Å². The van der Waals surface area contributed by atoms with Gasteiger partial charge in [-0.3, -0.25) is 4.79 Å². The third kappa shape index (κ3) is 3.87. The molecule has 1 aliphatic rings. The Kier molecular flexibility index (Phi) is 6.17. The summed E-state index contributed by atoms with van der Waals surface area (Å²) in [4.78, 5) is 13.2. The van der Waals surface area contributed by atoms with E-state index in [-0.39, 0.29) is 22.6 Å². The van der Waals surface area contributed by atoms with Gasteiger partial charge in [-0.15, -0.1) is 0 Å². The molecule has 24 heavy (non-hydrogen) atoms. The minimum absolute atomic E-state index is 0.0169. The number of hydrogen-bond acceptors (Lipinski definition) is 4. The molecule has 1 heterocycles. The second kappa shape index (κ2) is 7.59. The molecule has 0 bridgehead atoms. The Morgan fingerprint density at radius 3 is 2.46 bits per heavy atom. The highest BCUT2D eigenvalue weighted by molar-refractivity contribution is 9.10. The van der Waals surface area contributed by atoms with Crippen molar-refractivity contribution < 1.29 is 17.9 Å². The van der Waals surface area contributed by atoms with Crippen molar-refractivity contribution in [2.45, 2.75) is 30.7 Å². The Bertz CT molecular complexity index is 733. The molecule has 0 saturated carbocycles. The van der Waals surface area contributed by atoms with Crippen LogP contribution in [-0.4, -0.2) is 56.8 Å². The quantitative estimate of drug-likeness (QED) is 0.723. The van der Waals surface area contributed by atoms with Crippen LogP contribution in [0.5, 0.6) is 5.75 Å². The molecule has 1 amide bonds. The first-order chi connectivity index (χ1) is 11.2. The fraction of sp³-hybridized carbons (Fsp3) is 0.533. The van der Waals surface area contributed by atoms with Crippen molar-refractivity contribution in [1.29, 1.82) is 0 Å². The van der Waals surface area contributed by atoms with Crippen LogP contribution in [0.2, 0.25) is 5.02 Å². The zero-order valence-electron chi connectivity index (χ0n) is 13.8. The average molecular weight is 440 g/mol. The average Bonchev–Trinajstić information content (AvgIpc) is 2.53. The van der Waals surface area contributed by atoms with Gasteiger partial charge in [-0.25, -0.2) is 8.42 Å². The van der Waals surface area contributed by atoms with Gasteiger partial charge in [-0.2, -0.15) is 4.31 Å². The van der Waals surface area contributed by atoms with Gasteiger partial charge in [-0.05, 0) is 40.9 Å². The van der Waals surface area contributed by atoms with Crippen molar-refractivity contribution in [3.05, 3.63) is 21.6 Å². The molecule has 1 aromatic carbocycles. The summed E-state index contributed by atoms with van der Waals surface area (Å²) >= 11 is 9.29. The number of sulfonamides is 1. The topological polar surface area (TPSA) is 66.9 Å². The normalized spacial score (nSPS) is 16.9. The highest BCUT2D eigenvalue weighted by Gasteiger charge is 2.34. The summed E-state index contributed by atoms with van der Waals surface area (Å²) in [6, 6.07) is 3.05. The zero-order chi connectivity index (χ0) is 18.1. The largest absolute Gasteiger partial charge is 0.494 e. The maximum atomic E-state index is 13.0. The SMILES string of the molecule is COc1c(Br)cc(Cl)cc1S(=O)(=O)N1CCC(N(C)C(C)=O)CC1. The Labute approximate surface area is 155 Å². The lowest BCUT2D eigenvalue weighted by Crippen LogP contribution is -2.46. The van der Waals surface area contributed by atoms with Gasteiger partial charge in [0.25, 0.3) is 0 Å². The first-order valence-electron chi connectivity index (χ1n) is 7.45. The molecule has 0 N–H and O–H groups in total. The molecular weight excluding hydrogens is 420 g/mol. The number of benzene rings is 1. The van der Waals surface area contributed by atoms with E-state index < -0.39 is 10.0 Å². The predicted molar refractivity (Wildman–Crippen MR) is 95.9 cm³/mol. The molecule has 1 fully saturated rings. The smallest absolute Gasteiger partial charge is 0.246 e. The van der Waals surface area contributed by atoms with Crippen LogP contribution < -0.4 is 4.74 Å². The monoisotopic (exact) mass is 438 g/mol. The summed E-state index contributed by atoms with van der Waals surface area (Å²) in [6.45, 7) is 2.20. The lowest BCUT2D eigenvalue weighted by atomic mass is 10.1. The summed E-state index contributed by atoms with van der Waals surface area (Å²) in [5.74, 6) is 0.221. The highest BCUT2D eigenvalue weighted by atomic mass is 79.9. The molecule has 0 aliphatic carbocycles. The standard InChI is InChI=1S/C15H20BrClN2O4S/c1-10(20)18(2)12-4-6-19(7-5-12)24(21,22)14-9-11(17)8-13(16)15(14)23-3/h8-9,12H,4-7H2,1-3H3. The van der Waals surface area contributed by atoms with E-state index in [1.165, 1.54) is 24.4 Å². The van der Waals surface area contributed by atoms with Gasteiger partial charge in [0, 0.05) is 38.1 Å². The molecule has 0 unspecified atom stereocenters. The number of carbonyl (C=O) groups is 1. The molecule has 1 saturated heterocycles. The van der Waals surface area contributed by atoms with Gasteiger partial charge in [0.1, 0.15) is 4.90 Å². The fourth-order valence-corrected chi connectivity index (χ4v) is 5.63. The molecule has 0 atom stereocenters. The van der Waals surface area contributed by atoms with E-state index in [4.69, 9.17) is 16.3 Å². The van der Waals surface area contributed by atoms with Crippen molar-refractivity contribution in [3.8, 4) is 5.75 Å². The number of halogens is 2. The van der Waals surface area contributed by atoms with E-state index in [0.29, 0.717) is 35.4 Å². The van der Waals surface area contributed by atoms with Crippen molar-refractivity contribution in [2.24, 2.45) is 0 Å². The van der Waals surface area contributed by atoms with Gasteiger partial charge in [-0.1, -0.05) is 11.6 Å². The molecule has 0 spiro atoms. The molecule has 2 rings (SSSR count). The second-order valence-corrected chi connectivity index (χ2v) is 8.88. The minimum Gasteiger partial charge on any atom is -0.494 e. The van der Waals surface area contributed by atoms with Crippen LogP contribution >= 0.6 is 27.5 Å². The number of piperidine rings is 1. The number of hydrogen-bond donors (Lipinski definition) is 0. The van der Waals surface area contributed by atoms with Crippen LogP contribution in [0.4, 0.5) is 0 Å². The number of rotatable bonds is 4. The van der Waals surface area contributed by atoms with Crippen LogP contribution in [0.3, 0.4) is 0 Å². The molecule has 6 nitrogen and oxygen atoms in total. The van der Waals surface area contributed by atoms with Crippen molar-refractivity contribution in [2.75, 3.05) is 27.2 Å². The van der Waals surface area contributed by atoms with Crippen molar-refractivity contribution >= 4 is 43.5 Å². The van der Waals surface area contributed by atoms with Gasteiger partial charge in [0.15, 0.2) is 5.75 Å². The third-order valence-electron chi connectivity index (χ3n) is 4.26. The number of ether oxygens (including phenoxy) is 1. The summed E-state index contributed by atoms with van der Waals surface area (Å²) in [7, 11) is -0.567. The summed E-state index contributed by atoms with van der Waals surface area (Å²) in [6.07, 6.45) is 1.19. The summed E-state index contributed by atoms with van der Waals surface area (Å²) in [5, 5.41) is 0.312. The van der Waals surface area contributed by atoms with Crippen LogP contribution in [0, 0.1) is 0 Å². The Balaban J connectivity index is 2.26. The molecule has 0 aromatic heterocycles. The lowest BCUT2D eigenvalue weighted by Gasteiger charge is -2.35. The van der Waals surface area contributed by atoms with E-state index in [1.54, 1.807) is 18.0 Å². The van der Waals surface area contributed by atoms with E-state index >= 15 is 0 Å². The zero-order valence-corrected chi connectivity index (χ0v) is 16.9. The molecule has 1 aromatic rings. The molecule has 9 heteroatoms. The number of nitrogens with zero attached hydrogens (tertiary/aromatic N) is 2. The van der Waals surface area contributed by atoms with Gasteiger partial charge in [0.05, 0.1) is 11.6 Å². The van der Waals surface area contributed by atoms with Crippen molar-refractivity contribution in [3.63, 3.8) is 0 Å². The van der Waals surface area contributed by atoms with E-state index in [1.807, 2.05) is 0 Å². The van der Waals surface area contributed by atoms with E-state index in [2.05, 4.69) is 15.9 Å². The van der Waals surface area contributed by atoms with Crippen LogP contribution in [0.1, 0.15) is 19.8 Å². The van der Waals surface area contributed by atoms with Crippen LogP contribution in [0.15, 0.2) is 21.5 Å². The number of methoxy groups -OCH3 is 1. The first-order valence-corrected chi connectivity index (χ1v) is 10.1. The number of carbonyl (C=O) groups excluding carboxylic acids is 1. The maximum absolute atomic E-state index is 13.0. The maximum Gasteiger partial charge on any atom is 0.246 e. The fourth-order valence-electron chi connectivity index (χ4n) is 2.79. The second-order valence-electron chi connectivity index (χ2n) is 5.68. The molecule has 0 radical (unpaired) electrons. The highest BCUT2D eigenvalue weighted by Crippen LogP contribution is 2.37. The number of amides is 1. The minimum atomic E-state index is -3.73.